The molecule has 1 aromatic rings. The van der Waals surface area contributed by atoms with Gasteiger partial charge in [-0.25, -0.2) is 0 Å². The van der Waals surface area contributed by atoms with Gasteiger partial charge in [-0.2, -0.15) is 0 Å². The van der Waals surface area contributed by atoms with Gasteiger partial charge in [0.1, 0.15) is 23.9 Å². The number of halogens is 1. The molecular formula is C39H58ClNO11. The maximum Gasteiger partial charge on any atom is 0.309 e. The molecule has 1 saturated heterocycles. The van der Waals surface area contributed by atoms with Gasteiger partial charge in [0.05, 0.1) is 36.4 Å². The summed E-state index contributed by atoms with van der Waals surface area (Å²) in [7, 11) is 1.70. The summed E-state index contributed by atoms with van der Waals surface area (Å²) in [6, 6.07) is 7.05. The largest absolute Gasteiger partial charge is 0.483 e. The quantitative estimate of drug-likeness (QED) is 0.0604. The summed E-state index contributed by atoms with van der Waals surface area (Å²) >= 11 is 6.09. The Labute approximate surface area is 312 Å². The van der Waals surface area contributed by atoms with Crippen molar-refractivity contribution in [2.45, 2.75) is 135 Å². The smallest absolute Gasteiger partial charge is 0.309 e. The van der Waals surface area contributed by atoms with Crippen LogP contribution in [-0.4, -0.2) is 99.8 Å². The number of carbonyl (C=O) groups excluding carboxylic acids is 2. The predicted octanol–water partition coefficient (Wildman–Crippen LogP) is 4.91. The average molecular weight is 752 g/mol. The first-order valence-electron chi connectivity index (χ1n) is 17.7. The van der Waals surface area contributed by atoms with Crippen molar-refractivity contribution in [3.63, 3.8) is 0 Å². The molecule has 0 spiro atoms. The van der Waals surface area contributed by atoms with Crippen molar-refractivity contribution in [3.05, 3.63) is 70.8 Å². The maximum absolute atomic E-state index is 12.9. The van der Waals surface area contributed by atoms with E-state index in [0.717, 1.165) is 12.0 Å². The molecule has 3 unspecified atom stereocenters. The minimum atomic E-state index is -1.46. The minimum absolute atomic E-state index is 0.0271. The number of aliphatic hydroxyl groups is 3. The Kier molecular flexibility index (Phi) is 18.2. The molecule has 2 heterocycles. The molecule has 52 heavy (non-hydrogen) atoms. The van der Waals surface area contributed by atoms with E-state index in [1.807, 2.05) is 38.1 Å². The van der Waals surface area contributed by atoms with Crippen LogP contribution in [0.3, 0.4) is 0 Å². The first-order chi connectivity index (χ1) is 24.4. The zero-order valence-corrected chi connectivity index (χ0v) is 32.3. The Morgan fingerprint density at radius 2 is 1.85 bits per heavy atom. The third-order valence-electron chi connectivity index (χ3n) is 9.63. The normalized spacial score (nSPS) is 30.5. The molecule has 0 saturated carbocycles. The van der Waals surface area contributed by atoms with Crippen LogP contribution in [0.1, 0.15) is 79.7 Å². The van der Waals surface area contributed by atoms with E-state index in [0.29, 0.717) is 17.1 Å². The Hall–Kier alpha value is -3.10. The Morgan fingerprint density at radius 1 is 1.21 bits per heavy atom. The van der Waals surface area contributed by atoms with Gasteiger partial charge in [0.25, 0.3) is 6.47 Å². The minimum Gasteiger partial charge on any atom is -0.483 e. The van der Waals surface area contributed by atoms with Crippen LogP contribution in [0.4, 0.5) is 0 Å². The summed E-state index contributed by atoms with van der Waals surface area (Å²) in [5.74, 6) is -1.39. The van der Waals surface area contributed by atoms with E-state index < -0.39 is 47.5 Å². The third-order valence-corrected chi connectivity index (χ3v) is 9.88. The van der Waals surface area contributed by atoms with E-state index in [9.17, 15) is 24.9 Å². The monoisotopic (exact) mass is 751 g/mol. The molecule has 1 fully saturated rings. The fourth-order valence-corrected chi connectivity index (χ4v) is 6.63. The van der Waals surface area contributed by atoms with Crippen molar-refractivity contribution >= 4 is 30.0 Å². The first-order valence-corrected chi connectivity index (χ1v) is 18.1. The molecule has 5 N–H and O–H groups in total. The highest BCUT2D eigenvalue weighted by molar-refractivity contribution is 6.30. The van der Waals surface area contributed by atoms with Crippen molar-refractivity contribution < 1.29 is 53.8 Å². The molecule has 0 bridgehead atoms. The number of rotatable bonds is 13. The van der Waals surface area contributed by atoms with Gasteiger partial charge in [-0.3, -0.25) is 14.4 Å². The lowest BCUT2D eigenvalue weighted by Crippen LogP contribution is -2.52. The number of cyclic esters (lactones) is 1. The standard InChI is InChI=1S/C38H56ClNO9.CH2O2/c1-9-30(46-8)25(4)34-35(49-34)36(40-22-27-13-15-28(39)16-14-27)38(7,45)19-10-11-23(2)33-24(3)12-17-31(47-26(5)41)37(6,44)20-18-29(42)21-32(43)48-33;2-1-3/h10-17,19,24-25,29-31,33-36,40,42,44-45H,9,18,20-22H2,1-8H3;1H,(H,2,3)/b17-12+,19-10+,23-11+;/t24-,25+,29+,30-,31-,33?,34+,35-,36?,37+,38?;/m0./s1. The summed E-state index contributed by atoms with van der Waals surface area (Å²) < 4.78 is 23.1. The zero-order chi connectivity index (χ0) is 39.2. The topological polar surface area (TPSA) is 184 Å². The van der Waals surface area contributed by atoms with E-state index >= 15 is 0 Å². The molecule has 0 aromatic heterocycles. The van der Waals surface area contributed by atoms with Crippen molar-refractivity contribution in [1.82, 2.24) is 5.32 Å². The van der Waals surface area contributed by atoms with E-state index in [1.54, 1.807) is 51.3 Å². The number of hydrogen-bond donors (Lipinski definition) is 5. The molecular weight excluding hydrogens is 694 g/mol. The maximum atomic E-state index is 12.9. The number of hydrogen-bond acceptors (Lipinski definition) is 11. The molecule has 0 aliphatic carbocycles. The van der Waals surface area contributed by atoms with Crippen molar-refractivity contribution in [3.8, 4) is 0 Å². The zero-order valence-electron chi connectivity index (χ0n) is 31.5. The molecule has 1 aromatic carbocycles. The lowest BCUT2D eigenvalue weighted by Gasteiger charge is -2.32. The molecule has 2 aliphatic heterocycles. The molecule has 11 atom stereocenters. The summed E-state index contributed by atoms with van der Waals surface area (Å²) in [6.45, 7) is 12.6. The highest BCUT2D eigenvalue weighted by Gasteiger charge is 2.54. The number of carboxylic acid groups (broad SMARTS) is 1. The van der Waals surface area contributed by atoms with Crippen LogP contribution in [0, 0.1) is 11.8 Å². The Morgan fingerprint density at radius 3 is 2.42 bits per heavy atom. The van der Waals surface area contributed by atoms with Gasteiger partial charge < -0.3 is 44.7 Å². The van der Waals surface area contributed by atoms with E-state index in [4.69, 9.17) is 40.4 Å². The van der Waals surface area contributed by atoms with Crippen LogP contribution >= 0.6 is 11.6 Å². The summed E-state index contributed by atoms with van der Waals surface area (Å²) in [4.78, 5) is 33.0. The van der Waals surface area contributed by atoms with Gasteiger partial charge in [-0.1, -0.05) is 68.8 Å². The molecule has 3 rings (SSSR count). The van der Waals surface area contributed by atoms with Crippen LogP contribution in [0.25, 0.3) is 0 Å². The van der Waals surface area contributed by atoms with Crippen LogP contribution in [-0.2, 0) is 39.9 Å². The second-order valence-corrected chi connectivity index (χ2v) is 14.6. The summed E-state index contributed by atoms with van der Waals surface area (Å²) in [6.07, 6.45) is 6.32. The second-order valence-electron chi connectivity index (χ2n) is 14.1. The van der Waals surface area contributed by atoms with Gasteiger partial charge in [0.15, 0.2) is 0 Å². The molecule has 0 amide bonds. The van der Waals surface area contributed by atoms with Crippen LogP contribution in [0.2, 0.25) is 5.02 Å². The van der Waals surface area contributed by atoms with Gasteiger partial charge in [0, 0.05) is 37.4 Å². The van der Waals surface area contributed by atoms with Crippen LogP contribution in [0.15, 0.2) is 60.2 Å². The molecule has 0 radical (unpaired) electrons. The number of methoxy groups -OCH3 is 1. The van der Waals surface area contributed by atoms with Gasteiger partial charge in [-0.15, -0.1) is 0 Å². The van der Waals surface area contributed by atoms with E-state index in [1.165, 1.54) is 6.92 Å². The number of esters is 2. The molecule has 13 heteroatoms. The number of aliphatic hydroxyl groups excluding tert-OH is 1. The number of benzene rings is 1. The number of allylic oxidation sites excluding steroid dienone is 2. The number of nitrogens with one attached hydrogen (secondary N) is 1. The second kappa shape index (κ2) is 21.0. The van der Waals surface area contributed by atoms with Gasteiger partial charge in [-0.05, 0) is 69.4 Å². The van der Waals surface area contributed by atoms with Crippen molar-refractivity contribution in [2.24, 2.45) is 11.8 Å². The number of carbonyl (C=O) groups is 3. The van der Waals surface area contributed by atoms with Gasteiger partial charge >= 0.3 is 11.9 Å². The lowest BCUT2D eigenvalue weighted by molar-refractivity contribution is -0.157. The van der Waals surface area contributed by atoms with E-state index in [-0.39, 0.29) is 55.9 Å². The molecule has 2 aliphatic rings. The number of ether oxygens (including phenoxy) is 4. The van der Waals surface area contributed by atoms with Crippen molar-refractivity contribution in [2.75, 3.05) is 7.11 Å². The number of epoxide rings is 1. The molecule has 12 nitrogen and oxygen atoms in total. The van der Waals surface area contributed by atoms with E-state index in [2.05, 4.69) is 19.2 Å². The average Bonchev–Trinajstić information content (AvgIpc) is 3.86. The fraction of sp³-hybridized carbons (Fsp3) is 0.615. The highest BCUT2D eigenvalue weighted by atomic mass is 35.5. The third kappa shape index (κ3) is 14.0. The van der Waals surface area contributed by atoms with Crippen molar-refractivity contribution in [1.29, 1.82) is 0 Å². The van der Waals surface area contributed by atoms with Crippen LogP contribution in [0.5, 0.6) is 0 Å². The van der Waals surface area contributed by atoms with Crippen LogP contribution < -0.4 is 5.32 Å². The predicted molar refractivity (Wildman–Crippen MR) is 197 cm³/mol. The first kappa shape index (κ1) is 45.1. The molecule has 292 valence electrons. The Bertz CT molecular complexity index is 1370. The summed E-state index contributed by atoms with van der Waals surface area (Å²) in [5.41, 5.74) is -1.11. The fourth-order valence-electron chi connectivity index (χ4n) is 6.50. The highest BCUT2D eigenvalue weighted by Crippen LogP contribution is 2.39. The SMILES string of the molecule is CC[C@H](OC)[C@@H](C)[C@H]1O[C@@H]1C(NCc1ccc(Cl)cc1)C(C)(O)/C=C/C=C(\C)C1OC(=O)C[C@H](O)CC[C@@](C)(O)[C@@H](OC(C)=O)/C=C/[C@@H]1C.O=CO. The van der Waals surface area contributed by atoms with Gasteiger partial charge in [0.2, 0.25) is 0 Å². The lowest BCUT2D eigenvalue weighted by atomic mass is 9.87. The summed E-state index contributed by atoms with van der Waals surface area (Å²) in [5, 5.41) is 44.5. The Balaban J connectivity index is 0.00000301.